The number of nitrogens with two attached hydrogens (primary N) is 1. The van der Waals surface area contributed by atoms with Gasteiger partial charge in [-0.15, -0.1) is 0 Å². The summed E-state index contributed by atoms with van der Waals surface area (Å²) in [7, 11) is 0. The summed E-state index contributed by atoms with van der Waals surface area (Å²) in [5.74, 6) is -1.42. The maximum Gasteiger partial charge on any atom is 0.336 e. The minimum atomic E-state index is -1.29. The number of nitrogens with zero attached hydrogens (tertiary/aromatic N) is 1. The van der Waals surface area contributed by atoms with Crippen molar-refractivity contribution >= 4 is 29.2 Å². The molecule has 0 saturated heterocycles. The third-order valence-corrected chi connectivity index (χ3v) is 4.47. The number of carbonyl (C=O) groups is 3. The van der Waals surface area contributed by atoms with Crippen LogP contribution >= 0.6 is 0 Å². The average Bonchev–Trinajstić information content (AvgIpc) is 2.94. The number of esters is 1. The van der Waals surface area contributed by atoms with Crippen LogP contribution in [0.4, 0.5) is 11.4 Å². The molecule has 3 rings (SSSR count). The van der Waals surface area contributed by atoms with Crippen LogP contribution in [0, 0.1) is 0 Å². The Kier molecular flexibility index (Phi) is 5.17. The summed E-state index contributed by atoms with van der Waals surface area (Å²) >= 11 is 0. The molecule has 0 bridgehead atoms. The van der Waals surface area contributed by atoms with Crippen molar-refractivity contribution < 1.29 is 19.1 Å². The Morgan fingerprint density at radius 2 is 1.75 bits per heavy atom. The smallest absolute Gasteiger partial charge is 0.336 e. The molecule has 0 spiro atoms. The number of para-hydroxylation sites is 1. The van der Waals surface area contributed by atoms with Gasteiger partial charge >= 0.3 is 5.97 Å². The fraction of sp³-hybridized carbons (Fsp3) is 0.190. The molecule has 0 aliphatic carbocycles. The average molecular weight is 379 g/mol. The lowest BCUT2D eigenvalue weighted by atomic mass is 10.0. The van der Waals surface area contributed by atoms with Crippen LogP contribution in [-0.2, 0) is 14.3 Å². The van der Waals surface area contributed by atoms with E-state index in [9.17, 15) is 14.4 Å². The van der Waals surface area contributed by atoms with Gasteiger partial charge in [0.1, 0.15) is 5.70 Å². The number of amides is 2. The van der Waals surface area contributed by atoms with Crippen LogP contribution < -0.4 is 16.0 Å². The molecule has 1 heterocycles. The molecule has 2 amide bonds. The molecule has 2 aromatic carbocycles. The number of hydrogen-bond donors (Lipinski definition) is 2. The lowest BCUT2D eigenvalue weighted by Crippen LogP contribution is -2.51. The fourth-order valence-electron chi connectivity index (χ4n) is 3.09. The van der Waals surface area contributed by atoms with E-state index in [1.165, 1.54) is 4.90 Å². The Balaban J connectivity index is 1.96. The van der Waals surface area contributed by atoms with Gasteiger partial charge in [-0.2, -0.15) is 0 Å². The van der Waals surface area contributed by atoms with Crippen molar-refractivity contribution in [2.24, 2.45) is 5.73 Å². The summed E-state index contributed by atoms with van der Waals surface area (Å²) in [5.41, 5.74) is 5.73. The van der Waals surface area contributed by atoms with Crippen LogP contribution in [0.5, 0.6) is 0 Å². The molecule has 0 unspecified atom stereocenters. The molecule has 0 fully saturated rings. The maximum absolute atomic E-state index is 13.1. The molecule has 0 radical (unpaired) electrons. The van der Waals surface area contributed by atoms with Gasteiger partial charge in [-0.05, 0) is 56.3 Å². The topological polar surface area (TPSA) is 102 Å². The molecule has 28 heavy (non-hydrogen) atoms. The highest BCUT2D eigenvalue weighted by Crippen LogP contribution is 2.35. The van der Waals surface area contributed by atoms with Crippen LogP contribution in [-0.4, -0.2) is 29.9 Å². The Morgan fingerprint density at radius 1 is 1.11 bits per heavy atom. The van der Waals surface area contributed by atoms with Gasteiger partial charge in [-0.3, -0.25) is 14.5 Å². The molecular formula is C21H21N3O4. The molecule has 7 nitrogen and oxygen atoms in total. The highest BCUT2D eigenvalue weighted by atomic mass is 16.5. The summed E-state index contributed by atoms with van der Waals surface area (Å²) in [5, 5.41) is 3.02. The van der Waals surface area contributed by atoms with Gasteiger partial charge in [0, 0.05) is 16.9 Å². The summed E-state index contributed by atoms with van der Waals surface area (Å²) in [6.07, 6.45) is 1.56. The number of primary amides is 1. The van der Waals surface area contributed by atoms with Crippen LogP contribution in [0.1, 0.15) is 24.2 Å². The monoisotopic (exact) mass is 379 g/mol. The van der Waals surface area contributed by atoms with Crippen LogP contribution in [0.25, 0.3) is 0 Å². The van der Waals surface area contributed by atoms with E-state index in [1.54, 1.807) is 68.5 Å². The van der Waals surface area contributed by atoms with E-state index >= 15 is 0 Å². The summed E-state index contributed by atoms with van der Waals surface area (Å²) in [6.45, 7) is 3.56. The number of benzene rings is 2. The third-order valence-electron chi connectivity index (χ3n) is 4.47. The molecule has 1 aliphatic heterocycles. The second-order valence-corrected chi connectivity index (χ2v) is 6.47. The van der Waals surface area contributed by atoms with Crippen molar-refractivity contribution in [1.82, 2.24) is 0 Å². The van der Waals surface area contributed by atoms with Crippen LogP contribution in [0.3, 0.4) is 0 Å². The first-order valence-electron chi connectivity index (χ1n) is 8.83. The van der Waals surface area contributed by atoms with Crippen LogP contribution in [0.15, 0.2) is 66.4 Å². The van der Waals surface area contributed by atoms with Gasteiger partial charge in [0.15, 0.2) is 5.54 Å². The van der Waals surface area contributed by atoms with E-state index < -0.39 is 17.4 Å². The van der Waals surface area contributed by atoms with Gasteiger partial charge in [-0.25, -0.2) is 4.79 Å². The van der Waals surface area contributed by atoms with E-state index in [0.717, 1.165) is 0 Å². The Bertz CT molecular complexity index is 938. The first-order valence-corrected chi connectivity index (χ1v) is 8.83. The number of carbonyl (C=O) groups excluding carboxylic acids is 3. The zero-order chi connectivity index (χ0) is 20.3. The molecular weight excluding hydrogens is 358 g/mol. The van der Waals surface area contributed by atoms with E-state index in [-0.39, 0.29) is 18.2 Å². The Morgan fingerprint density at radius 3 is 2.32 bits per heavy atom. The van der Waals surface area contributed by atoms with Crippen molar-refractivity contribution in [2.75, 3.05) is 16.8 Å². The molecule has 3 N–H and O–H groups in total. The lowest BCUT2D eigenvalue weighted by Gasteiger charge is -2.32. The van der Waals surface area contributed by atoms with Crippen molar-refractivity contribution in [3.8, 4) is 0 Å². The van der Waals surface area contributed by atoms with Gasteiger partial charge in [0.2, 0.25) is 5.91 Å². The summed E-state index contributed by atoms with van der Waals surface area (Å²) in [6, 6.07) is 15.3. The van der Waals surface area contributed by atoms with Crippen molar-refractivity contribution in [3.05, 3.63) is 71.9 Å². The third kappa shape index (κ3) is 3.46. The largest absolute Gasteiger partial charge is 0.464 e. The lowest BCUT2D eigenvalue weighted by molar-refractivity contribution is -0.147. The predicted octanol–water partition coefficient (Wildman–Crippen LogP) is 2.45. The summed E-state index contributed by atoms with van der Waals surface area (Å²) in [4.78, 5) is 38.4. The molecule has 1 aliphatic rings. The van der Waals surface area contributed by atoms with Crippen molar-refractivity contribution in [3.63, 3.8) is 0 Å². The number of nitrogens with one attached hydrogen (secondary N) is 1. The van der Waals surface area contributed by atoms with Crippen LogP contribution in [0.2, 0.25) is 0 Å². The zero-order valence-electron chi connectivity index (χ0n) is 15.6. The highest BCUT2D eigenvalue weighted by molar-refractivity contribution is 6.16. The van der Waals surface area contributed by atoms with Gasteiger partial charge in [0.25, 0.3) is 5.91 Å². The van der Waals surface area contributed by atoms with E-state index in [0.29, 0.717) is 16.9 Å². The van der Waals surface area contributed by atoms with Gasteiger partial charge in [-0.1, -0.05) is 18.2 Å². The second-order valence-electron chi connectivity index (χ2n) is 6.47. The number of hydrogen-bond acceptors (Lipinski definition) is 5. The zero-order valence-corrected chi connectivity index (χ0v) is 15.6. The highest BCUT2D eigenvalue weighted by Gasteiger charge is 2.49. The number of ether oxygens (including phenoxy) is 1. The van der Waals surface area contributed by atoms with E-state index in [4.69, 9.17) is 10.5 Å². The molecule has 0 saturated carbocycles. The SMILES string of the molecule is CCOC(=O)[C@]1(C)C=C(Nc2ccc(C(N)=O)cc2)C(=O)N1c1ccccc1. The molecule has 0 aromatic heterocycles. The standard InChI is InChI=1S/C21H21N3O4/c1-3-28-20(27)21(2)13-17(19(26)24(21)16-7-5-4-6-8-16)23-15-11-9-14(10-12-15)18(22)25/h4-13,23H,3H2,1-2H3,(H2,22,25)/t21-/m0/s1. The molecule has 7 heteroatoms. The first-order chi connectivity index (χ1) is 13.4. The number of anilines is 2. The summed E-state index contributed by atoms with van der Waals surface area (Å²) < 4.78 is 5.21. The Labute approximate surface area is 162 Å². The maximum atomic E-state index is 13.1. The van der Waals surface area contributed by atoms with E-state index in [1.807, 2.05) is 6.07 Å². The quantitative estimate of drug-likeness (QED) is 0.751. The second kappa shape index (κ2) is 7.56. The minimum Gasteiger partial charge on any atom is -0.464 e. The molecule has 1 atom stereocenters. The van der Waals surface area contributed by atoms with Crippen molar-refractivity contribution in [1.29, 1.82) is 0 Å². The normalized spacial score (nSPS) is 18.6. The predicted molar refractivity (Wildman–Crippen MR) is 106 cm³/mol. The molecule has 144 valence electrons. The first kappa shape index (κ1) is 19.2. The van der Waals surface area contributed by atoms with E-state index in [2.05, 4.69) is 5.32 Å². The van der Waals surface area contributed by atoms with Gasteiger partial charge in [0.05, 0.1) is 6.61 Å². The van der Waals surface area contributed by atoms with Crippen molar-refractivity contribution in [2.45, 2.75) is 19.4 Å². The number of rotatable bonds is 6. The minimum absolute atomic E-state index is 0.205. The Hall–Kier alpha value is -3.61. The fourth-order valence-corrected chi connectivity index (χ4v) is 3.09. The molecule has 2 aromatic rings. The van der Waals surface area contributed by atoms with Gasteiger partial charge < -0.3 is 15.8 Å².